The van der Waals surface area contributed by atoms with Crippen molar-refractivity contribution in [1.29, 1.82) is 0 Å². The first-order valence-corrected chi connectivity index (χ1v) is 42.8. The molecule has 6 N–H and O–H groups in total. The Hall–Kier alpha value is -16.2. The van der Waals surface area contributed by atoms with Crippen molar-refractivity contribution >= 4 is 113 Å². The third kappa shape index (κ3) is 16.9. The van der Waals surface area contributed by atoms with Crippen LogP contribution in [0.25, 0.3) is 111 Å². The van der Waals surface area contributed by atoms with Crippen LogP contribution in [0.15, 0.2) is 380 Å². The van der Waals surface area contributed by atoms with Crippen molar-refractivity contribution in [2.24, 2.45) is 14.1 Å². The third-order valence-electron chi connectivity index (χ3n) is 20.6. The lowest BCUT2D eigenvalue weighted by Gasteiger charge is -2.15. The summed E-state index contributed by atoms with van der Waals surface area (Å²) in [6.07, 6.45) is 0. The Labute approximate surface area is 751 Å². The van der Waals surface area contributed by atoms with E-state index in [2.05, 4.69) is 10.2 Å². The SMILES string of the molecule is Cc1nn(C)c2c1c1oc(=O)c(Sc3cccc(F)c3)c(O)c1c(=O)n2-c1ccc(O)cc1.Cc1nn(C)c2c1c1oc(=O)c(Sc3cccc(F)c3)c(O)c1c(=O)n2-c1cccc(O)c1.O=c1oc2cc(-c3ccccc3)n(-c3ccccc3)c(=O)c2c(O)c1Sc1cccc(F)c1.O=c1oc2cc(-c3ccccc3)n(-c3ccccc3)c(=O)c2c(O)c1Sc1ccccc1. The summed E-state index contributed by atoms with van der Waals surface area (Å²) in [5.41, 5.74) is 0.456. The third-order valence-corrected chi connectivity index (χ3v) is 24.8. The van der Waals surface area contributed by atoms with Gasteiger partial charge in [0.25, 0.3) is 22.2 Å². The summed E-state index contributed by atoms with van der Waals surface area (Å²) < 4.78 is 71.5. The summed E-state index contributed by atoms with van der Waals surface area (Å²) in [5.74, 6) is -3.54. The largest absolute Gasteiger partial charge is 0.508 e. The monoisotopic (exact) mass is 1830 g/mol. The van der Waals surface area contributed by atoms with Crippen LogP contribution < -0.4 is 44.7 Å². The highest BCUT2D eigenvalue weighted by molar-refractivity contribution is 8.00. The van der Waals surface area contributed by atoms with E-state index in [1.165, 1.54) is 106 Å². The number of halogens is 3. The second kappa shape index (κ2) is 36.3. The molecule has 0 aliphatic heterocycles. The van der Waals surface area contributed by atoms with Gasteiger partial charge in [-0.25, -0.2) is 32.3 Å². The Balaban J connectivity index is 0.000000122. The van der Waals surface area contributed by atoms with E-state index in [4.69, 9.17) is 17.7 Å². The van der Waals surface area contributed by atoms with E-state index in [0.717, 1.165) is 63.1 Å². The molecule has 0 aliphatic carbocycles. The van der Waals surface area contributed by atoms with E-state index in [-0.39, 0.29) is 80.7 Å². The average molecular weight is 1830 g/mol. The van der Waals surface area contributed by atoms with Crippen LogP contribution in [0.3, 0.4) is 0 Å². The summed E-state index contributed by atoms with van der Waals surface area (Å²) in [6, 6.07) is 77.6. The van der Waals surface area contributed by atoms with Crippen molar-refractivity contribution in [2.45, 2.75) is 53.0 Å². The zero-order chi connectivity index (χ0) is 91.9. The molecule has 0 unspecified atom stereocenters. The Morgan fingerprint density at radius 3 is 0.969 bits per heavy atom. The number of phenols is 2. The molecular weight excluding hydrogens is 1760 g/mol. The number of fused-ring (bicyclic) bond motifs is 8. The molecule has 0 fully saturated rings. The number of benzene rings is 10. The number of aryl methyl sites for hydroxylation is 4. The minimum absolute atomic E-state index is 0.0205. The van der Waals surface area contributed by atoms with E-state index < -0.39 is 79.4 Å². The van der Waals surface area contributed by atoms with Gasteiger partial charge in [0.2, 0.25) is 0 Å². The molecule has 0 saturated heterocycles. The second-order valence-corrected chi connectivity index (χ2v) is 33.5. The van der Waals surface area contributed by atoms with Gasteiger partial charge in [-0.1, -0.05) is 187 Å². The molecule has 0 amide bonds. The fourth-order valence-electron chi connectivity index (χ4n) is 14.9. The van der Waals surface area contributed by atoms with Crippen molar-refractivity contribution in [3.05, 3.63) is 397 Å². The molecule has 0 aliphatic rings. The predicted molar refractivity (Wildman–Crippen MR) is 493 cm³/mol. The fourth-order valence-corrected chi connectivity index (χ4v) is 18.4. The molecule has 20 aromatic rings. The van der Waals surface area contributed by atoms with Crippen molar-refractivity contribution in [3.8, 4) is 79.8 Å². The lowest BCUT2D eigenvalue weighted by Crippen LogP contribution is -2.22. The van der Waals surface area contributed by atoms with Crippen molar-refractivity contribution in [1.82, 2.24) is 37.8 Å². The second-order valence-electron chi connectivity index (χ2n) is 29.1. The van der Waals surface area contributed by atoms with Gasteiger partial charge >= 0.3 is 22.5 Å². The van der Waals surface area contributed by atoms with Crippen molar-refractivity contribution in [2.75, 3.05) is 0 Å². The van der Waals surface area contributed by atoms with Gasteiger partial charge in [-0.05, 0) is 152 Å². The fraction of sp³-hybridized carbons (Fsp3) is 0.0408. The normalized spacial score (nSPS) is 11.3. The molecule has 0 saturated carbocycles. The summed E-state index contributed by atoms with van der Waals surface area (Å²) in [4.78, 5) is 107. The van der Waals surface area contributed by atoms with Gasteiger partial charge in [0.15, 0.2) is 34.2 Å². The van der Waals surface area contributed by atoms with Gasteiger partial charge in [-0.2, -0.15) is 10.2 Å². The predicted octanol–water partition coefficient (Wildman–Crippen LogP) is 18.8. The first kappa shape index (κ1) is 86.9. The molecule has 33 heteroatoms. The number of aromatic nitrogens is 8. The summed E-state index contributed by atoms with van der Waals surface area (Å²) in [7, 11) is 3.27. The number of aromatic hydroxyl groups is 6. The molecule has 650 valence electrons. The topological polar surface area (TPSA) is 366 Å². The number of pyridine rings is 4. The van der Waals surface area contributed by atoms with Gasteiger partial charge in [0, 0.05) is 63.3 Å². The van der Waals surface area contributed by atoms with Crippen LogP contribution in [0.5, 0.6) is 34.5 Å². The Bertz CT molecular complexity index is 8490. The maximum absolute atomic E-state index is 13.7. The van der Waals surface area contributed by atoms with E-state index in [1.54, 1.807) is 107 Å². The zero-order valence-corrected chi connectivity index (χ0v) is 71.8. The van der Waals surface area contributed by atoms with E-state index in [9.17, 15) is 82.2 Å². The Kier molecular flexibility index (Phi) is 24.0. The first-order valence-electron chi connectivity index (χ1n) is 39.5. The zero-order valence-electron chi connectivity index (χ0n) is 68.6. The highest BCUT2D eigenvalue weighted by atomic mass is 32.2. The standard InChI is InChI=1S/C26H16FNO4S.C26H17NO4S.2C23H16FN3O5S/c27-17-10-7-13-19(14-17)33-24-23(29)22-21(32-26(24)31)15-20(16-8-3-1-4-9-16)28(25(22)30)18-11-5-2-6-12-18;28-23-22-21(31-26(30)24(23)32-19-14-8-3-9-15-19)16-20(17-10-4-1-5-11-17)27(25(22)29)18-12-6-2-7-13-18;1-11-16-19-17(18(29)20(23(31)32-19)33-15-8-3-5-12(24)9-15)22(30)27(21(16)26(2)25-11)13-6-4-7-14(28)10-13;1-11-16-19-17(18(29)20(23(31)32-19)33-15-5-3-4-12(24)10-15)22(30)27(21(16)26(2)25-11)13-6-8-14(28)9-7-13/h1-15,29H;1-16,28H;2*3-10,28-29H,1-2H3. The Morgan fingerprint density at radius 2 is 0.595 bits per heavy atom. The van der Waals surface area contributed by atoms with Crippen LogP contribution in [-0.4, -0.2) is 68.5 Å². The minimum atomic E-state index is -0.867. The number of phenolic OH excluding ortho intramolecular Hbond substituents is 2. The van der Waals surface area contributed by atoms with Crippen LogP contribution in [0.4, 0.5) is 13.2 Å². The molecular formula is C98H65F3N8O18S4. The first-order chi connectivity index (χ1) is 63.2. The number of rotatable bonds is 14. The summed E-state index contributed by atoms with van der Waals surface area (Å²) in [5, 5.41) is 72.6. The number of para-hydroxylation sites is 2. The molecule has 10 aromatic heterocycles. The van der Waals surface area contributed by atoms with Gasteiger partial charge in [-0.3, -0.25) is 46.8 Å². The van der Waals surface area contributed by atoms with Crippen LogP contribution in [0.1, 0.15) is 11.4 Å². The molecule has 131 heavy (non-hydrogen) atoms. The molecule has 0 spiro atoms. The van der Waals surface area contributed by atoms with E-state index in [0.29, 0.717) is 82.3 Å². The van der Waals surface area contributed by atoms with Gasteiger partial charge in [0.1, 0.15) is 92.5 Å². The van der Waals surface area contributed by atoms with Gasteiger partial charge in [0.05, 0.1) is 44.9 Å². The maximum Gasteiger partial charge on any atom is 0.354 e. The lowest BCUT2D eigenvalue weighted by molar-refractivity contribution is 0.445. The van der Waals surface area contributed by atoms with E-state index >= 15 is 0 Å². The number of hydrogen-bond acceptors (Lipinski definition) is 24. The van der Waals surface area contributed by atoms with Gasteiger partial charge < -0.3 is 48.3 Å². The van der Waals surface area contributed by atoms with E-state index in [1.807, 2.05) is 127 Å². The van der Waals surface area contributed by atoms with Crippen LogP contribution in [-0.2, 0) is 14.1 Å². The minimum Gasteiger partial charge on any atom is -0.508 e. The molecule has 0 atom stereocenters. The van der Waals surface area contributed by atoms with Crippen molar-refractivity contribution in [3.63, 3.8) is 0 Å². The molecule has 20 rings (SSSR count). The summed E-state index contributed by atoms with van der Waals surface area (Å²) in [6.45, 7) is 3.38. The van der Waals surface area contributed by atoms with Crippen LogP contribution in [0, 0.1) is 31.3 Å². The smallest absolute Gasteiger partial charge is 0.354 e. The van der Waals surface area contributed by atoms with Crippen molar-refractivity contribution < 1.29 is 61.5 Å². The highest BCUT2D eigenvalue weighted by Gasteiger charge is 2.31. The Morgan fingerprint density at radius 1 is 0.290 bits per heavy atom. The van der Waals surface area contributed by atoms with Crippen LogP contribution in [0.2, 0.25) is 0 Å². The summed E-state index contributed by atoms with van der Waals surface area (Å²) >= 11 is 3.49. The van der Waals surface area contributed by atoms with Crippen LogP contribution >= 0.6 is 47.0 Å². The maximum atomic E-state index is 13.7. The van der Waals surface area contributed by atoms with Gasteiger partial charge in [-0.15, -0.1) is 0 Å². The lowest BCUT2D eigenvalue weighted by atomic mass is 10.1. The average Bonchev–Trinajstić information content (AvgIpc) is 1.62. The molecule has 10 aromatic carbocycles. The molecule has 0 radical (unpaired) electrons. The quantitative estimate of drug-likeness (QED) is 0.0589. The molecule has 26 nitrogen and oxygen atoms in total. The highest BCUT2D eigenvalue weighted by Crippen LogP contribution is 2.44. The number of hydrogen-bond donors (Lipinski definition) is 6. The molecule has 0 bridgehead atoms. The molecule has 10 heterocycles. The number of nitrogens with zero attached hydrogens (tertiary/aromatic N) is 8.